The van der Waals surface area contributed by atoms with Gasteiger partial charge in [0.2, 0.25) is 5.91 Å². The van der Waals surface area contributed by atoms with E-state index in [9.17, 15) is 4.79 Å². The van der Waals surface area contributed by atoms with Crippen molar-refractivity contribution in [2.45, 2.75) is 12.5 Å². The zero-order valence-electron chi connectivity index (χ0n) is 12.5. The number of aromatic amines is 1. The zero-order chi connectivity index (χ0) is 15.7. The molecule has 1 aromatic carbocycles. The predicted octanol–water partition coefficient (Wildman–Crippen LogP) is 1.95. The number of hydrogen-bond acceptors (Lipinski definition) is 4. The predicted molar refractivity (Wildman–Crippen MR) is 87.4 cm³/mol. The van der Waals surface area contributed by atoms with Gasteiger partial charge in [-0.1, -0.05) is 11.6 Å². The molecule has 0 aliphatic carbocycles. The van der Waals surface area contributed by atoms with Crippen LogP contribution in [0.2, 0.25) is 5.02 Å². The summed E-state index contributed by atoms with van der Waals surface area (Å²) in [6.45, 7) is 0.739. The van der Waals surface area contributed by atoms with Crippen LogP contribution in [0, 0.1) is 0 Å². The zero-order valence-corrected chi connectivity index (χ0v) is 13.2. The van der Waals surface area contributed by atoms with Crippen LogP contribution >= 0.6 is 11.6 Å². The number of hydrogen-bond donors (Lipinski definition) is 3. The van der Waals surface area contributed by atoms with E-state index in [1.807, 2.05) is 25.1 Å². The molecule has 3 N–H and O–H groups in total. The number of fused-ring (bicyclic) bond motifs is 1. The van der Waals surface area contributed by atoms with Crippen molar-refractivity contribution < 1.29 is 4.79 Å². The normalized spacial score (nSPS) is 17.0. The van der Waals surface area contributed by atoms with Gasteiger partial charge in [-0.25, -0.2) is 4.98 Å². The maximum atomic E-state index is 12.6. The number of anilines is 2. The second kappa shape index (κ2) is 5.98. The number of benzene rings is 1. The molecule has 22 heavy (non-hydrogen) atoms. The number of carbonyl (C=O) groups is 1. The second-order valence-electron chi connectivity index (χ2n) is 5.45. The highest BCUT2D eigenvalue weighted by Crippen LogP contribution is 2.29. The van der Waals surface area contributed by atoms with Crippen molar-refractivity contribution in [1.29, 1.82) is 0 Å². The first kappa shape index (κ1) is 14.9. The molecule has 1 aromatic heterocycles. The molecule has 0 saturated carbocycles. The van der Waals surface area contributed by atoms with Gasteiger partial charge in [-0.15, -0.1) is 0 Å². The number of aromatic nitrogens is 2. The van der Waals surface area contributed by atoms with Gasteiger partial charge in [0.05, 0.1) is 23.4 Å². The number of H-pyrrole nitrogens is 1. The summed E-state index contributed by atoms with van der Waals surface area (Å²) in [5.74, 6) is -0.140. The smallest absolute Gasteiger partial charge is 0.247 e. The van der Waals surface area contributed by atoms with E-state index in [-0.39, 0.29) is 5.91 Å². The van der Waals surface area contributed by atoms with Gasteiger partial charge in [0.1, 0.15) is 6.04 Å². The van der Waals surface area contributed by atoms with Crippen molar-refractivity contribution in [1.82, 2.24) is 15.3 Å². The summed E-state index contributed by atoms with van der Waals surface area (Å²) < 4.78 is 0. The Hall–Kier alpha value is -2.05. The molecule has 0 saturated heterocycles. The van der Waals surface area contributed by atoms with Crippen molar-refractivity contribution in [2.75, 3.05) is 30.9 Å². The first-order valence-corrected chi connectivity index (χ1v) is 7.47. The summed E-state index contributed by atoms with van der Waals surface area (Å²) in [7, 11) is 3.84. The number of nitrogens with one attached hydrogen (secondary N) is 3. The van der Waals surface area contributed by atoms with Crippen LogP contribution in [-0.4, -0.2) is 36.5 Å². The summed E-state index contributed by atoms with van der Waals surface area (Å²) in [6.07, 6.45) is 2.47. The number of rotatable bonds is 3. The molecule has 7 heteroatoms. The second-order valence-corrected chi connectivity index (χ2v) is 5.89. The van der Waals surface area contributed by atoms with Gasteiger partial charge >= 0.3 is 0 Å². The van der Waals surface area contributed by atoms with Crippen LogP contribution in [0.3, 0.4) is 0 Å². The average molecular weight is 320 g/mol. The topological polar surface area (TPSA) is 73.1 Å². The Balaban J connectivity index is 1.86. The van der Waals surface area contributed by atoms with Gasteiger partial charge in [-0.05, 0) is 18.2 Å². The number of amides is 1. The van der Waals surface area contributed by atoms with Gasteiger partial charge in [0, 0.05) is 37.8 Å². The maximum absolute atomic E-state index is 12.6. The largest absolute Gasteiger partial charge is 0.376 e. The summed E-state index contributed by atoms with van der Waals surface area (Å²) in [6, 6.07) is 4.98. The number of imidazole rings is 1. The Labute approximate surface area is 133 Å². The van der Waals surface area contributed by atoms with E-state index in [0.29, 0.717) is 10.7 Å². The molecule has 0 radical (unpaired) electrons. The monoisotopic (exact) mass is 319 g/mol. The fourth-order valence-electron chi connectivity index (χ4n) is 2.64. The molecule has 1 atom stereocenters. The molecule has 2 aromatic rings. The molecule has 1 aliphatic heterocycles. The Morgan fingerprint density at radius 1 is 1.45 bits per heavy atom. The van der Waals surface area contributed by atoms with E-state index in [4.69, 9.17) is 11.6 Å². The van der Waals surface area contributed by atoms with Gasteiger partial charge in [0.25, 0.3) is 0 Å². The molecule has 0 fully saturated rings. The fraction of sp³-hybridized carbons (Fsp3) is 0.333. The van der Waals surface area contributed by atoms with Crippen molar-refractivity contribution in [3.63, 3.8) is 0 Å². The third-order valence-electron chi connectivity index (χ3n) is 3.71. The summed E-state index contributed by atoms with van der Waals surface area (Å²) in [5, 5.41) is 6.74. The van der Waals surface area contributed by atoms with Crippen LogP contribution in [0.1, 0.15) is 17.4 Å². The van der Waals surface area contributed by atoms with Crippen molar-refractivity contribution >= 4 is 28.9 Å². The number of halogens is 1. The third kappa shape index (κ3) is 2.80. The van der Waals surface area contributed by atoms with Crippen molar-refractivity contribution in [2.24, 2.45) is 0 Å². The van der Waals surface area contributed by atoms with Crippen LogP contribution in [-0.2, 0) is 11.2 Å². The minimum atomic E-state index is -0.455. The van der Waals surface area contributed by atoms with Crippen molar-refractivity contribution in [3.8, 4) is 0 Å². The Morgan fingerprint density at radius 2 is 2.27 bits per heavy atom. The minimum absolute atomic E-state index is 0.140. The van der Waals surface area contributed by atoms with Crippen LogP contribution in [0.5, 0.6) is 0 Å². The molecular weight excluding hydrogens is 302 g/mol. The lowest BCUT2D eigenvalue weighted by molar-refractivity contribution is -0.118. The molecule has 1 amide bonds. The highest BCUT2D eigenvalue weighted by molar-refractivity contribution is 6.31. The van der Waals surface area contributed by atoms with E-state index in [1.54, 1.807) is 18.5 Å². The van der Waals surface area contributed by atoms with Crippen molar-refractivity contribution in [3.05, 3.63) is 40.9 Å². The lowest BCUT2D eigenvalue weighted by atomic mass is 10.0. The Morgan fingerprint density at radius 3 is 3.05 bits per heavy atom. The van der Waals surface area contributed by atoms with E-state index in [1.165, 1.54) is 0 Å². The Kier molecular flexibility index (Phi) is 4.04. The molecule has 0 spiro atoms. The molecule has 1 aliphatic rings. The standard InChI is InChI=1S/C15H18ClN5O/c1-21(2)12-4-3-9(16)7-11(12)20-15(22)14-13-10(5-6-17-14)18-8-19-13/h3-4,7-8,14,17H,5-6H2,1-2H3,(H,18,19)(H,20,22). The molecule has 1 unspecified atom stereocenters. The van der Waals surface area contributed by atoms with Crippen LogP contribution in [0.15, 0.2) is 24.5 Å². The van der Waals surface area contributed by atoms with Crippen LogP contribution in [0.4, 0.5) is 11.4 Å². The van der Waals surface area contributed by atoms with Gasteiger partial charge in [0.15, 0.2) is 0 Å². The number of carbonyl (C=O) groups excluding carboxylic acids is 1. The third-order valence-corrected chi connectivity index (χ3v) is 3.94. The fourth-order valence-corrected chi connectivity index (χ4v) is 2.81. The maximum Gasteiger partial charge on any atom is 0.247 e. The van der Waals surface area contributed by atoms with Gasteiger partial charge in [-0.2, -0.15) is 0 Å². The highest BCUT2D eigenvalue weighted by atomic mass is 35.5. The van der Waals surface area contributed by atoms with E-state index >= 15 is 0 Å². The molecule has 0 bridgehead atoms. The SMILES string of the molecule is CN(C)c1ccc(Cl)cc1NC(=O)C1NCCc2[nH]cnc21. The molecule has 116 valence electrons. The molecule has 2 heterocycles. The van der Waals surface area contributed by atoms with E-state index < -0.39 is 6.04 Å². The molecule has 6 nitrogen and oxygen atoms in total. The van der Waals surface area contributed by atoms with E-state index in [0.717, 1.165) is 30.0 Å². The first-order chi connectivity index (χ1) is 10.6. The lowest BCUT2D eigenvalue weighted by Crippen LogP contribution is -2.38. The van der Waals surface area contributed by atoms with Crippen LogP contribution < -0.4 is 15.5 Å². The first-order valence-electron chi connectivity index (χ1n) is 7.09. The summed E-state index contributed by atoms with van der Waals surface area (Å²) >= 11 is 6.05. The molecular formula is C15H18ClN5O. The average Bonchev–Trinajstić information content (AvgIpc) is 2.95. The van der Waals surface area contributed by atoms with E-state index in [2.05, 4.69) is 20.6 Å². The summed E-state index contributed by atoms with van der Waals surface area (Å²) in [4.78, 5) is 21.9. The lowest BCUT2D eigenvalue weighted by Gasteiger charge is -2.24. The Bertz CT molecular complexity index is 697. The quantitative estimate of drug-likeness (QED) is 0.808. The highest BCUT2D eigenvalue weighted by Gasteiger charge is 2.28. The van der Waals surface area contributed by atoms with Gasteiger partial charge in [-0.3, -0.25) is 4.79 Å². The molecule has 3 rings (SSSR count). The number of nitrogens with zero attached hydrogens (tertiary/aromatic N) is 2. The van der Waals surface area contributed by atoms with Gasteiger partial charge < -0.3 is 20.5 Å². The minimum Gasteiger partial charge on any atom is -0.376 e. The van der Waals surface area contributed by atoms with Crippen LogP contribution in [0.25, 0.3) is 0 Å². The summed E-state index contributed by atoms with van der Waals surface area (Å²) in [5.41, 5.74) is 3.36.